The van der Waals surface area contributed by atoms with Crippen LogP contribution in [0.1, 0.15) is 5.56 Å². The molecule has 1 atom stereocenters. The average molecular weight is 270 g/mol. The van der Waals surface area contributed by atoms with E-state index in [1.54, 1.807) is 12.1 Å². The third-order valence-corrected chi connectivity index (χ3v) is 3.83. The van der Waals surface area contributed by atoms with Crippen LogP contribution in [0.15, 0.2) is 24.3 Å². The van der Waals surface area contributed by atoms with Crippen molar-refractivity contribution in [2.45, 2.75) is 23.0 Å². The molecular formula is C11H19B5FNO2. The second kappa shape index (κ2) is 6.12. The molecule has 0 spiro atoms. The summed E-state index contributed by atoms with van der Waals surface area (Å²) in [7, 11) is 9.76. The first-order valence-corrected chi connectivity index (χ1v) is 6.76. The predicted octanol–water partition coefficient (Wildman–Crippen LogP) is -3.87. The maximum atomic E-state index is 12.8. The number of nitrogens with two attached hydrogens (primary N) is 1. The van der Waals surface area contributed by atoms with Gasteiger partial charge in [-0.3, -0.25) is 4.79 Å². The van der Waals surface area contributed by atoms with Crippen LogP contribution in [0.4, 0.5) is 4.39 Å². The lowest BCUT2D eigenvalue weighted by Gasteiger charge is -2.40. The van der Waals surface area contributed by atoms with Gasteiger partial charge in [-0.25, -0.2) is 4.39 Å². The molecule has 3 nitrogen and oxygen atoms in total. The zero-order valence-corrected chi connectivity index (χ0v) is 12.9. The molecule has 0 aliphatic carbocycles. The largest absolute Gasteiger partial charge is 0.478 e. The van der Waals surface area contributed by atoms with Crippen molar-refractivity contribution in [1.82, 2.24) is 0 Å². The number of halogens is 1. The summed E-state index contributed by atoms with van der Waals surface area (Å²) in [4.78, 5) is 12.1. The maximum absolute atomic E-state index is 12.8. The number of hydrogen-bond acceptors (Lipinski definition) is 3. The van der Waals surface area contributed by atoms with Crippen molar-refractivity contribution in [3.8, 4) is 0 Å². The molecule has 0 aliphatic rings. The van der Waals surface area contributed by atoms with Gasteiger partial charge in [-0.15, -0.1) is 0 Å². The first kappa shape index (κ1) is 17.0. The summed E-state index contributed by atoms with van der Waals surface area (Å²) in [6, 6.07) is 5.20. The second-order valence-electron chi connectivity index (χ2n) is 6.62. The Kier molecular flexibility index (Phi) is 5.19. The topological polar surface area (TPSA) is 52.3 Å². The first-order chi connectivity index (χ1) is 9.03. The Balaban J connectivity index is 2.66. The van der Waals surface area contributed by atoms with Crippen LogP contribution >= 0.6 is 0 Å². The van der Waals surface area contributed by atoms with Crippen LogP contribution in [0.5, 0.6) is 0 Å². The van der Waals surface area contributed by atoms with Gasteiger partial charge < -0.3 is 10.5 Å². The molecule has 0 radical (unpaired) electrons. The zero-order chi connectivity index (χ0) is 15.6. The molecule has 0 amide bonds. The SMILES string of the molecule is BC(B)(B)C(B)(B)OC(=O)[C@@H](N)Cc1ccc(F)cc1. The minimum absolute atomic E-state index is 0.182. The van der Waals surface area contributed by atoms with Gasteiger partial charge in [0.2, 0.25) is 0 Å². The van der Waals surface area contributed by atoms with Gasteiger partial charge in [0.25, 0.3) is 0 Å². The molecule has 1 aromatic rings. The van der Waals surface area contributed by atoms with Crippen molar-refractivity contribution in [2.75, 3.05) is 0 Å². The van der Waals surface area contributed by atoms with Gasteiger partial charge in [-0.05, 0) is 24.1 Å². The number of hydrogen-bond donors (Lipinski definition) is 1. The van der Waals surface area contributed by atoms with Gasteiger partial charge in [0.15, 0.2) is 0 Å². The normalized spacial score (nSPS) is 13.7. The lowest BCUT2D eigenvalue weighted by atomic mass is 9.28. The summed E-state index contributed by atoms with van der Waals surface area (Å²) >= 11 is 0. The molecule has 0 aromatic heterocycles. The Bertz CT molecular complexity index is 475. The lowest BCUT2D eigenvalue weighted by Crippen LogP contribution is -2.52. The van der Waals surface area contributed by atoms with E-state index >= 15 is 0 Å². The van der Waals surface area contributed by atoms with Gasteiger partial charge in [-0.2, -0.15) is 0 Å². The van der Waals surface area contributed by atoms with Crippen molar-refractivity contribution in [2.24, 2.45) is 5.73 Å². The van der Waals surface area contributed by atoms with Crippen LogP contribution in [0, 0.1) is 5.82 Å². The molecule has 0 fully saturated rings. The van der Waals surface area contributed by atoms with Crippen LogP contribution in [-0.4, -0.2) is 56.6 Å². The number of rotatable bonds is 5. The fourth-order valence-electron chi connectivity index (χ4n) is 1.44. The van der Waals surface area contributed by atoms with E-state index in [0.717, 1.165) is 5.56 Å². The highest BCUT2D eigenvalue weighted by atomic mass is 19.1. The van der Waals surface area contributed by atoms with Gasteiger partial charge in [-0.1, -0.05) is 17.2 Å². The van der Waals surface area contributed by atoms with Crippen LogP contribution < -0.4 is 5.73 Å². The smallest absolute Gasteiger partial charge is 0.322 e. The molecule has 102 valence electrons. The van der Waals surface area contributed by atoms with Gasteiger partial charge in [0.1, 0.15) is 27.6 Å². The summed E-state index contributed by atoms with van der Waals surface area (Å²) < 4.78 is 18.3. The van der Waals surface area contributed by atoms with Crippen LogP contribution in [0.2, 0.25) is 5.11 Å². The number of carbonyl (C=O) groups excluding carboxylic acids is 1. The maximum Gasteiger partial charge on any atom is 0.322 e. The molecule has 0 saturated heterocycles. The summed E-state index contributed by atoms with van der Waals surface area (Å²) in [6.07, 6.45) is 0.333. The predicted molar refractivity (Wildman–Crippen MR) is 92.3 cm³/mol. The van der Waals surface area contributed by atoms with Gasteiger partial charge >= 0.3 is 5.97 Å². The van der Waals surface area contributed by atoms with E-state index in [1.807, 2.05) is 39.2 Å². The fraction of sp³-hybridized carbons (Fsp3) is 0.364. The highest BCUT2D eigenvalue weighted by Gasteiger charge is 2.36. The number of benzene rings is 1. The fourth-order valence-corrected chi connectivity index (χ4v) is 1.44. The van der Waals surface area contributed by atoms with Gasteiger partial charge in [0.05, 0.1) is 23.5 Å². The Labute approximate surface area is 124 Å². The molecule has 0 unspecified atom stereocenters. The Morgan fingerprint density at radius 3 is 2.15 bits per heavy atom. The molecule has 2 N–H and O–H groups in total. The number of esters is 1. The molecule has 0 heterocycles. The van der Waals surface area contributed by atoms with Crippen LogP contribution in [0.25, 0.3) is 0 Å². The highest BCUT2D eigenvalue weighted by molar-refractivity contribution is 6.67. The molecule has 0 bridgehead atoms. The number of ether oxygens (including phenoxy) is 1. The summed E-state index contributed by atoms with van der Waals surface area (Å²) in [6.45, 7) is 0. The zero-order valence-electron chi connectivity index (χ0n) is 12.9. The lowest BCUT2D eigenvalue weighted by molar-refractivity contribution is -0.149. The Morgan fingerprint density at radius 1 is 1.20 bits per heavy atom. The van der Waals surface area contributed by atoms with Crippen molar-refractivity contribution in [3.05, 3.63) is 35.6 Å². The third kappa shape index (κ3) is 4.48. The second-order valence-corrected chi connectivity index (χ2v) is 6.62. The summed E-state index contributed by atoms with van der Waals surface area (Å²) in [5.74, 6) is -0.743. The van der Waals surface area contributed by atoms with Crippen LogP contribution in [-0.2, 0) is 16.0 Å². The van der Waals surface area contributed by atoms with Crippen molar-refractivity contribution >= 4 is 45.2 Å². The van der Waals surface area contributed by atoms with E-state index in [9.17, 15) is 9.18 Å². The van der Waals surface area contributed by atoms with E-state index in [-0.39, 0.29) is 10.9 Å². The quantitative estimate of drug-likeness (QED) is 0.440. The summed E-state index contributed by atoms with van der Waals surface area (Å²) in [5.41, 5.74) is 6.68. The first-order valence-electron chi connectivity index (χ1n) is 6.76. The molecular weight excluding hydrogens is 251 g/mol. The Morgan fingerprint density at radius 2 is 1.70 bits per heavy atom. The van der Waals surface area contributed by atoms with Crippen molar-refractivity contribution in [1.29, 1.82) is 0 Å². The number of carbonyl (C=O) groups is 1. The molecule has 0 aliphatic heterocycles. The molecule has 0 saturated carbocycles. The average Bonchev–Trinajstić information content (AvgIpc) is 2.30. The summed E-state index contributed by atoms with van der Waals surface area (Å²) in [5, 5.41) is -0.789. The van der Waals surface area contributed by atoms with E-state index in [0.29, 0.717) is 6.42 Å². The monoisotopic (exact) mass is 271 g/mol. The molecule has 1 rings (SSSR count). The van der Waals surface area contributed by atoms with Gasteiger partial charge in [0, 0.05) is 5.40 Å². The van der Waals surface area contributed by atoms with E-state index < -0.39 is 17.4 Å². The van der Waals surface area contributed by atoms with E-state index in [1.165, 1.54) is 12.1 Å². The minimum Gasteiger partial charge on any atom is -0.478 e. The standard InChI is InChI=1S/C11H19B5FNO2/c12-10(13,14)11(15,16)20-9(19)8(18)5-6-1-3-7(17)4-2-6/h1-4,8H,5,12-16,18H2/t8-/m0/s1. The molecule has 9 heteroatoms. The Hall–Kier alpha value is -1.10. The van der Waals surface area contributed by atoms with Crippen molar-refractivity contribution in [3.63, 3.8) is 0 Å². The van der Waals surface area contributed by atoms with E-state index in [4.69, 9.17) is 10.5 Å². The minimum atomic E-state index is -0.748. The molecule has 1 aromatic carbocycles. The van der Waals surface area contributed by atoms with E-state index in [2.05, 4.69) is 0 Å². The van der Waals surface area contributed by atoms with Crippen molar-refractivity contribution < 1.29 is 13.9 Å². The molecule has 20 heavy (non-hydrogen) atoms. The van der Waals surface area contributed by atoms with Crippen LogP contribution in [0.3, 0.4) is 0 Å². The third-order valence-electron chi connectivity index (χ3n) is 3.83. The highest BCUT2D eigenvalue weighted by Crippen LogP contribution is 2.26.